The normalized spacial score (nSPS) is 14.2. The molecular weight excluding hydrogens is 544 g/mol. The van der Waals surface area contributed by atoms with Crippen molar-refractivity contribution in [2.45, 2.75) is 24.9 Å². The van der Waals surface area contributed by atoms with E-state index in [0.29, 0.717) is 18.7 Å². The van der Waals surface area contributed by atoms with E-state index in [4.69, 9.17) is 10.5 Å². The van der Waals surface area contributed by atoms with Crippen molar-refractivity contribution in [3.8, 4) is 22.8 Å². The van der Waals surface area contributed by atoms with Crippen LogP contribution in [0.2, 0.25) is 0 Å². The van der Waals surface area contributed by atoms with E-state index >= 15 is 4.39 Å². The van der Waals surface area contributed by atoms with Crippen molar-refractivity contribution in [2.75, 3.05) is 25.9 Å². The number of rotatable bonds is 5. The summed E-state index contributed by atoms with van der Waals surface area (Å²) in [6, 6.07) is 13.0. The maximum absolute atomic E-state index is 15.7. The quantitative estimate of drug-likeness (QED) is 0.192. The minimum Gasteiger partial charge on any atom is -0.481 e. The molecule has 0 atom stereocenters. The maximum atomic E-state index is 15.7. The summed E-state index contributed by atoms with van der Waals surface area (Å²) < 4.78 is 64.2. The molecule has 2 aromatic heterocycles. The minimum absolute atomic E-state index is 0.112. The second-order valence-electron chi connectivity index (χ2n) is 9.52. The number of ether oxygens (including phenoxy) is 2. The Hall–Kier alpha value is -4.74. The largest absolute Gasteiger partial charge is 0.491 e. The second-order valence-corrected chi connectivity index (χ2v) is 9.52. The molecule has 0 aliphatic carbocycles. The van der Waals surface area contributed by atoms with Gasteiger partial charge in [-0.2, -0.15) is 13.2 Å². The summed E-state index contributed by atoms with van der Waals surface area (Å²) in [7, 11) is 1.37. The van der Waals surface area contributed by atoms with Crippen molar-refractivity contribution < 1.29 is 36.6 Å². The van der Waals surface area contributed by atoms with E-state index in [1.807, 2.05) is 24.3 Å². The average molecular weight is 569 g/mol. The number of nitrogens with two attached hydrogens (primary N) is 1. The van der Waals surface area contributed by atoms with Gasteiger partial charge < -0.3 is 20.1 Å². The average Bonchev–Trinajstić information content (AvgIpc) is 2.97. The monoisotopic (exact) mass is 568 g/mol. The molecule has 0 bridgehead atoms. The molecule has 2 N–H and O–H groups in total. The number of alkyl halides is 3. The van der Waals surface area contributed by atoms with Crippen molar-refractivity contribution in [3.05, 3.63) is 77.9 Å². The van der Waals surface area contributed by atoms with Crippen molar-refractivity contribution in [3.63, 3.8) is 0 Å². The Labute approximate surface area is 231 Å². The van der Waals surface area contributed by atoms with Gasteiger partial charge in [0.2, 0.25) is 5.88 Å². The zero-order valence-electron chi connectivity index (χ0n) is 21.7. The van der Waals surface area contributed by atoms with Gasteiger partial charge in [-0.15, -0.1) is 0 Å². The third-order valence-electron chi connectivity index (χ3n) is 7.08. The number of halogens is 4. The van der Waals surface area contributed by atoms with E-state index in [1.165, 1.54) is 36.4 Å². The number of nitrogen functional groups attached to an aromatic ring is 1. The Morgan fingerprint density at radius 1 is 1.02 bits per heavy atom. The summed E-state index contributed by atoms with van der Waals surface area (Å²) in [4.78, 5) is 34.5. The molecule has 2 aromatic carbocycles. The molecule has 0 radical (unpaired) electrons. The van der Waals surface area contributed by atoms with Gasteiger partial charge in [0.15, 0.2) is 11.6 Å². The number of pyridine rings is 2. The van der Waals surface area contributed by atoms with Crippen LogP contribution < -0.4 is 15.2 Å². The van der Waals surface area contributed by atoms with E-state index in [0.717, 1.165) is 22.4 Å². The van der Waals surface area contributed by atoms with Crippen LogP contribution in [0.5, 0.6) is 11.6 Å². The van der Waals surface area contributed by atoms with Crippen LogP contribution in [0.4, 0.5) is 23.4 Å². The Morgan fingerprint density at radius 3 is 2.44 bits per heavy atom. The SMILES string of the molecule is COc1ccc(-c2ccc(C(=O)N3CCC(c4ccc5ccnc(N)c5c4)CC3)c(F)c2OC(=O)C(F)(F)F)cn1. The van der Waals surface area contributed by atoms with Gasteiger partial charge in [-0.25, -0.2) is 19.2 Å². The summed E-state index contributed by atoms with van der Waals surface area (Å²) in [5.74, 6) is -4.98. The minimum atomic E-state index is -5.38. The molecule has 0 spiro atoms. The molecule has 1 fully saturated rings. The molecule has 8 nitrogen and oxygen atoms in total. The first kappa shape index (κ1) is 27.8. The Kier molecular flexibility index (Phi) is 7.48. The number of fused-ring (bicyclic) bond motifs is 1. The zero-order valence-corrected chi connectivity index (χ0v) is 21.7. The summed E-state index contributed by atoms with van der Waals surface area (Å²) >= 11 is 0. The number of aromatic nitrogens is 2. The highest BCUT2D eigenvalue weighted by Gasteiger charge is 2.42. The van der Waals surface area contributed by atoms with E-state index in [2.05, 4.69) is 14.7 Å². The second kappa shape index (κ2) is 11.0. The molecule has 4 aromatic rings. The van der Waals surface area contributed by atoms with E-state index in [-0.39, 0.29) is 36.0 Å². The predicted octanol–water partition coefficient (Wildman–Crippen LogP) is 5.51. The predicted molar refractivity (Wildman–Crippen MR) is 142 cm³/mol. The molecule has 1 saturated heterocycles. The Morgan fingerprint density at radius 2 is 1.78 bits per heavy atom. The number of esters is 1. The van der Waals surface area contributed by atoms with Crippen molar-refractivity contribution in [2.24, 2.45) is 0 Å². The van der Waals surface area contributed by atoms with Crippen LogP contribution in [0.15, 0.2) is 60.9 Å². The van der Waals surface area contributed by atoms with Gasteiger partial charge in [-0.3, -0.25) is 4.79 Å². The third kappa shape index (κ3) is 5.63. The van der Waals surface area contributed by atoms with Crippen LogP contribution >= 0.6 is 0 Å². The molecule has 1 amide bonds. The van der Waals surface area contributed by atoms with Gasteiger partial charge in [0.05, 0.1) is 12.7 Å². The van der Waals surface area contributed by atoms with Crippen LogP contribution in [-0.4, -0.2) is 53.1 Å². The highest BCUT2D eigenvalue weighted by atomic mass is 19.4. The number of anilines is 1. The molecule has 1 aliphatic heterocycles. The van der Waals surface area contributed by atoms with Crippen molar-refractivity contribution in [1.82, 2.24) is 14.9 Å². The molecule has 3 heterocycles. The Bertz CT molecular complexity index is 1620. The highest BCUT2D eigenvalue weighted by Crippen LogP contribution is 2.37. The number of hydrogen-bond acceptors (Lipinski definition) is 7. The summed E-state index contributed by atoms with van der Waals surface area (Å²) in [5, 5.41) is 1.79. The topological polar surface area (TPSA) is 108 Å². The first-order valence-corrected chi connectivity index (χ1v) is 12.6. The molecular formula is C29H24F4N4O4. The number of amides is 1. The first-order chi connectivity index (χ1) is 19.6. The molecule has 12 heteroatoms. The van der Waals surface area contributed by atoms with Crippen molar-refractivity contribution >= 4 is 28.5 Å². The molecule has 5 rings (SSSR count). The summed E-state index contributed by atoms with van der Waals surface area (Å²) in [6.45, 7) is 0.566. The van der Waals surface area contributed by atoms with E-state index < -0.39 is 35.2 Å². The summed E-state index contributed by atoms with van der Waals surface area (Å²) in [6.07, 6.45) is -1.37. The number of carbonyl (C=O) groups is 2. The number of methoxy groups -OCH3 is 1. The third-order valence-corrected chi connectivity index (χ3v) is 7.08. The molecule has 0 unspecified atom stereocenters. The fourth-order valence-electron chi connectivity index (χ4n) is 4.91. The van der Waals surface area contributed by atoms with E-state index in [9.17, 15) is 22.8 Å². The summed E-state index contributed by atoms with van der Waals surface area (Å²) in [5.41, 5.74) is 6.51. The van der Waals surface area contributed by atoms with Gasteiger partial charge in [0.1, 0.15) is 5.82 Å². The fourth-order valence-corrected chi connectivity index (χ4v) is 4.91. The highest BCUT2D eigenvalue weighted by molar-refractivity contribution is 5.97. The number of piperidine rings is 1. The zero-order chi connectivity index (χ0) is 29.3. The first-order valence-electron chi connectivity index (χ1n) is 12.6. The lowest BCUT2D eigenvalue weighted by molar-refractivity contribution is -0.189. The number of likely N-dealkylation sites (tertiary alicyclic amines) is 1. The fraction of sp³-hybridized carbons (Fsp3) is 0.241. The molecule has 41 heavy (non-hydrogen) atoms. The van der Waals surface area contributed by atoms with Crippen LogP contribution in [-0.2, 0) is 4.79 Å². The van der Waals surface area contributed by atoms with Gasteiger partial charge in [0, 0.05) is 48.1 Å². The number of carbonyl (C=O) groups excluding carboxylic acids is 2. The van der Waals surface area contributed by atoms with Gasteiger partial charge >= 0.3 is 12.1 Å². The van der Waals surface area contributed by atoms with Crippen LogP contribution in [0.1, 0.15) is 34.7 Å². The lowest BCUT2D eigenvalue weighted by Gasteiger charge is -2.32. The lowest BCUT2D eigenvalue weighted by atomic mass is 9.88. The van der Waals surface area contributed by atoms with Gasteiger partial charge in [-0.05, 0) is 60.0 Å². The maximum Gasteiger partial charge on any atom is 0.491 e. The smallest absolute Gasteiger partial charge is 0.481 e. The van der Waals surface area contributed by atoms with E-state index in [1.54, 1.807) is 6.20 Å². The molecule has 1 aliphatic rings. The number of benzene rings is 2. The lowest BCUT2D eigenvalue weighted by Crippen LogP contribution is -2.38. The Balaban J connectivity index is 1.39. The van der Waals surface area contributed by atoms with Crippen LogP contribution in [0, 0.1) is 5.82 Å². The van der Waals surface area contributed by atoms with Crippen LogP contribution in [0.3, 0.4) is 0 Å². The number of nitrogens with zero attached hydrogens (tertiary/aromatic N) is 3. The van der Waals surface area contributed by atoms with Crippen LogP contribution in [0.25, 0.3) is 21.9 Å². The standard InChI is InChI=1S/C29H24F4N4O4/c1-40-23-7-4-19(15-36-23)20-5-6-21(24(30)25(20)41-28(39)29(31,32)33)27(38)37-12-9-16(10-13-37)18-3-2-17-8-11-35-26(34)22(17)14-18/h2-8,11,14-16H,9-10,12-13H2,1H3,(H2,34,35). The molecule has 212 valence electrons. The van der Waals surface area contributed by atoms with Gasteiger partial charge in [-0.1, -0.05) is 12.1 Å². The number of hydrogen-bond donors (Lipinski definition) is 1. The van der Waals surface area contributed by atoms with Crippen molar-refractivity contribution in [1.29, 1.82) is 0 Å². The van der Waals surface area contributed by atoms with Gasteiger partial charge in [0.25, 0.3) is 5.91 Å². The molecule has 0 saturated carbocycles.